The minimum atomic E-state index is 0. The molecule has 0 aromatic rings. The third kappa shape index (κ3) is 1.07. The van der Waals surface area contributed by atoms with E-state index >= 15 is 0 Å². The van der Waals surface area contributed by atoms with Gasteiger partial charge in [0.05, 0.1) is 0 Å². The summed E-state index contributed by atoms with van der Waals surface area (Å²) in [5.74, 6) is 0. The Morgan fingerprint density at radius 2 is 1.75 bits per heavy atom. The van der Waals surface area contributed by atoms with Gasteiger partial charge in [0, 0.05) is 0 Å². The summed E-state index contributed by atoms with van der Waals surface area (Å²) < 4.78 is 0. The van der Waals surface area contributed by atoms with Crippen molar-refractivity contribution in [1.29, 1.82) is 0 Å². The van der Waals surface area contributed by atoms with E-state index in [2.05, 4.69) is 5.32 Å². The third-order valence-corrected chi connectivity index (χ3v) is 2.31. The molecule has 0 radical (unpaired) electrons. The van der Waals surface area contributed by atoms with E-state index in [-0.39, 0.29) is 51.4 Å². The Hall–Kier alpha value is 1.60. The minimum Gasteiger partial charge on any atom is -0.661 e. The summed E-state index contributed by atoms with van der Waals surface area (Å²) in [6.07, 6.45) is 4.41. The van der Waals surface area contributed by atoms with Crippen LogP contribution >= 0.6 is 0 Å². The predicted octanol–water partition coefficient (Wildman–Crippen LogP) is -1.45. The van der Waals surface area contributed by atoms with Crippen molar-refractivity contribution < 1.29 is 51.4 Å². The molecule has 2 heteroatoms. The zero-order valence-corrected chi connectivity index (χ0v) is 8.61. The smallest absolute Gasteiger partial charge is 0.661 e. The monoisotopic (exact) mass is 135 g/mol. The topological polar surface area (TPSA) is 14.1 Å². The molecule has 0 amide bonds. The van der Waals surface area contributed by atoms with E-state index in [0.717, 1.165) is 5.41 Å². The van der Waals surface area contributed by atoms with Gasteiger partial charge in [-0.3, -0.25) is 0 Å². The van der Waals surface area contributed by atoms with Gasteiger partial charge in [-0.05, 0) is 0 Å². The molecule has 0 aromatic carbocycles. The predicted molar refractivity (Wildman–Crippen MR) is 29.4 cm³/mol. The molecule has 1 saturated heterocycles. The molecule has 2 rings (SSSR count). The first-order valence-electron chi connectivity index (χ1n) is 3.05. The molecule has 0 unspecified atom stereocenters. The molecule has 1 aliphatic heterocycles. The summed E-state index contributed by atoms with van der Waals surface area (Å²) in [5.41, 5.74) is 0.778. The van der Waals surface area contributed by atoms with E-state index in [1.165, 1.54) is 32.4 Å². The molecule has 0 N–H and O–H groups in total. The van der Waals surface area contributed by atoms with Gasteiger partial charge in [-0.25, -0.2) is 0 Å². The van der Waals surface area contributed by atoms with Crippen molar-refractivity contribution >= 4 is 0 Å². The maximum Gasteiger partial charge on any atom is 1.00 e. The Labute approximate surface area is 93.0 Å². The van der Waals surface area contributed by atoms with E-state index in [1.807, 2.05) is 0 Å². The molecular formula is C6H10KN. The summed E-state index contributed by atoms with van der Waals surface area (Å²) in [6, 6.07) is 0. The normalized spacial score (nSPS) is 30.0. The fraction of sp³-hybridized carbons (Fsp3) is 1.00. The Bertz CT molecular complexity index is 69.0. The summed E-state index contributed by atoms with van der Waals surface area (Å²) in [6.45, 7) is 2.38. The molecular weight excluding hydrogens is 125 g/mol. The van der Waals surface area contributed by atoms with Crippen LogP contribution in [0.5, 0.6) is 0 Å². The summed E-state index contributed by atoms with van der Waals surface area (Å²) in [7, 11) is 0. The van der Waals surface area contributed by atoms with Crippen molar-refractivity contribution in [2.75, 3.05) is 13.1 Å². The van der Waals surface area contributed by atoms with E-state index in [1.54, 1.807) is 0 Å². The van der Waals surface area contributed by atoms with Gasteiger partial charge in [-0.15, -0.1) is 13.1 Å². The average molecular weight is 135 g/mol. The van der Waals surface area contributed by atoms with E-state index in [4.69, 9.17) is 0 Å². The maximum absolute atomic E-state index is 4.19. The maximum atomic E-state index is 4.19. The van der Waals surface area contributed by atoms with Crippen LogP contribution in [0.2, 0.25) is 0 Å². The molecule has 0 aromatic heterocycles. The zero-order chi connectivity index (χ0) is 4.74. The molecule has 1 heterocycles. The summed E-state index contributed by atoms with van der Waals surface area (Å²) in [5, 5.41) is 4.19. The second-order valence-electron chi connectivity index (χ2n) is 2.89. The van der Waals surface area contributed by atoms with Gasteiger partial charge in [-0.2, -0.15) is 0 Å². The van der Waals surface area contributed by atoms with Gasteiger partial charge in [0.15, 0.2) is 0 Å². The van der Waals surface area contributed by atoms with Crippen LogP contribution in [0.1, 0.15) is 19.3 Å². The van der Waals surface area contributed by atoms with Crippen molar-refractivity contribution in [1.82, 2.24) is 0 Å². The first-order valence-corrected chi connectivity index (χ1v) is 3.05. The Morgan fingerprint density at radius 1 is 1.12 bits per heavy atom. The number of rotatable bonds is 0. The molecule has 40 valence electrons. The van der Waals surface area contributed by atoms with E-state index in [0.29, 0.717) is 0 Å². The number of hydrogen-bond donors (Lipinski definition) is 0. The molecule has 1 nitrogen and oxygen atoms in total. The first kappa shape index (κ1) is 7.70. The Balaban J connectivity index is 0.000000320. The van der Waals surface area contributed by atoms with Crippen LogP contribution in [0, 0.1) is 5.41 Å². The molecule has 8 heavy (non-hydrogen) atoms. The fourth-order valence-electron chi connectivity index (χ4n) is 1.42. The third-order valence-electron chi connectivity index (χ3n) is 2.31. The molecule has 2 fully saturated rings. The van der Waals surface area contributed by atoms with Gasteiger partial charge in [0.1, 0.15) is 0 Å². The van der Waals surface area contributed by atoms with Gasteiger partial charge >= 0.3 is 51.4 Å². The Morgan fingerprint density at radius 3 is 1.75 bits per heavy atom. The van der Waals surface area contributed by atoms with Crippen molar-refractivity contribution in [3.63, 3.8) is 0 Å². The molecule has 1 aliphatic carbocycles. The molecule has 1 saturated carbocycles. The van der Waals surface area contributed by atoms with E-state index in [9.17, 15) is 0 Å². The Kier molecular flexibility index (Phi) is 2.58. The quantitative estimate of drug-likeness (QED) is 0.361. The summed E-state index contributed by atoms with van der Waals surface area (Å²) >= 11 is 0. The first-order chi connectivity index (χ1) is 3.41. The fourth-order valence-corrected chi connectivity index (χ4v) is 1.42. The largest absolute Gasteiger partial charge is 1.00 e. The minimum absolute atomic E-state index is 0. The number of nitrogens with zero attached hydrogens (tertiary/aromatic N) is 1. The molecule has 2 aliphatic rings. The van der Waals surface area contributed by atoms with Crippen LogP contribution in [0.3, 0.4) is 0 Å². The molecule has 0 bridgehead atoms. The van der Waals surface area contributed by atoms with Crippen LogP contribution in [-0.4, -0.2) is 13.1 Å². The molecule has 0 atom stereocenters. The zero-order valence-electron chi connectivity index (χ0n) is 5.48. The number of hydrogen-bond acceptors (Lipinski definition) is 0. The van der Waals surface area contributed by atoms with Crippen LogP contribution in [0.25, 0.3) is 5.32 Å². The van der Waals surface area contributed by atoms with Crippen LogP contribution in [-0.2, 0) is 0 Å². The van der Waals surface area contributed by atoms with Crippen LogP contribution in [0.15, 0.2) is 0 Å². The standard InChI is InChI=1S/C6H10N.K/c1-2-6(3-1)4-7-5-6;/h1-5H2;/q-1;+1. The van der Waals surface area contributed by atoms with Gasteiger partial charge in [0.25, 0.3) is 0 Å². The van der Waals surface area contributed by atoms with Crippen molar-refractivity contribution in [3.8, 4) is 0 Å². The van der Waals surface area contributed by atoms with Crippen molar-refractivity contribution in [2.24, 2.45) is 5.41 Å². The van der Waals surface area contributed by atoms with Gasteiger partial charge in [0.2, 0.25) is 0 Å². The van der Waals surface area contributed by atoms with Crippen molar-refractivity contribution in [2.45, 2.75) is 19.3 Å². The van der Waals surface area contributed by atoms with Crippen molar-refractivity contribution in [3.05, 3.63) is 5.32 Å². The van der Waals surface area contributed by atoms with Gasteiger partial charge in [-0.1, -0.05) is 24.7 Å². The van der Waals surface area contributed by atoms with Crippen LogP contribution < -0.4 is 51.4 Å². The second-order valence-corrected chi connectivity index (χ2v) is 2.89. The summed E-state index contributed by atoms with van der Waals surface area (Å²) in [4.78, 5) is 0. The average Bonchev–Trinajstić information content (AvgIpc) is 1.20. The molecule has 1 spiro atoms. The van der Waals surface area contributed by atoms with Crippen LogP contribution in [0.4, 0.5) is 0 Å². The van der Waals surface area contributed by atoms with Gasteiger partial charge < -0.3 is 5.32 Å². The SMILES string of the molecule is C1CC2(C1)C[N-]C2.[K+]. The second kappa shape index (κ2) is 2.68. The van der Waals surface area contributed by atoms with E-state index < -0.39 is 0 Å².